The van der Waals surface area contributed by atoms with Gasteiger partial charge in [-0.05, 0) is 118 Å². The van der Waals surface area contributed by atoms with E-state index in [4.69, 9.17) is 0 Å². The lowest BCUT2D eigenvalue weighted by atomic mass is 9.68. The molecule has 0 unspecified atom stereocenters. The quantitative estimate of drug-likeness (QED) is 0.460. The van der Waals surface area contributed by atoms with Crippen LogP contribution in [0.5, 0.6) is 0 Å². The zero-order valence-electron chi connectivity index (χ0n) is 18.4. The molecule has 0 N–H and O–H groups in total. The van der Waals surface area contributed by atoms with Crippen molar-refractivity contribution in [3.8, 4) is 0 Å². The molecule has 3 saturated carbocycles. The molecule has 0 aromatic heterocycles. The third-order valence-corrected chi connectivity index (χ3v) is 8.61. The molecule has 0 atom stereocenters. The first-order valence-electron chi connectivity index (χ1n) is 12.5. The van der Waals surface area contributed by atoms with E-state index in [0.29, 0.717) is 0 Å². The molecule has 0 heterocycles. The van der Waals surface area contributed by atoms with E-state index in [1.54, 1.807) is 11.1 Å². The molecule has 0 nitrogen and oxygen atoms in total. The highest BCUT2D eigenvalue weighted by Gasteiger charge is 2.30. The van der Waals surface area contributed by atoms with Crippen LogP contribution in [-0.4, -0.2) is 0 Å². The summed E-state index contributed by atoms with van der Waals surface area (Å²) in [4.78, 5) is 0. The molecule has 1 aromatic carbocycles. The van der Waals surface area contributed by atoms with Gasteiger partial charge < -0.3 is 0 Å². The normalized spacial score (nSPS) is 37.2. The third-order valence-electron chi connectivity index (χ3n) is 8.61. The van der Waals surface area contributed by atoms with Gasteiger partial charge in [0.1, 0.15) is 0 Å². The maximum absolute atomic E-state index is 2.49. The van der Waals surface area contributed by atoms with Gasteiger partial charge >= 0.3 is 0 Å². The summed E-state index contributed by atoms with van der Waals surface area (Å²) >= 11 is 0. The Kier molecular flexibility index (Phi) is 6.97. The van der Waals surface area contributed by atoms with Crippen LogP contribution in [0.25, 0.3) is 0 Å². The molecule has 0 heteroatoms. The van der Waals surface area contributed by atoms with E-state index < -0.39 is 0 Å². The lowest BCUT2D eigenvalue weighted by Gasteiger charge is -2.37. The standard InChI is InChI=1S/C28H42/c1-3-4-22-7-11-24(12-8-22)26-15-19-28(20-16-26)27-17-13-25(14-18-27)23-9-5-21(2)6-10-23/h3-4,13-14,17-18,21-24,26,28H,5-12,15-16,19-20H2,1-2H3/b4-3+. The minimum absolute atomic E-state index is 0.830. The molecule has 154 valence electrons. The van der Waals surface area contributed by atoms with Crippen LogP contribution in [0.4, 0.5) is 0 Å². The lowest BCUT2D eigenvalue weighted by molar-refractivity contribution is 0.171. The Labute approximate surface area is 174 Å². The van der Waals surface area contributed by atoms with E-state index >= 15 is 0 Å². The summed E-state index contributed by atoms with van der Waals surface area (Å²) in [7, 11) is 0. The Bertz CT molecular complexity index is 600. The minimum Gasteiger partial charge on any atom is -0.0914 e. The Balaban J connectivity index is 1.26. The number of allylic oxidation sites excluding steroid dienone is 2. The molecule has 3 fully saturated rings. The first-order chi connectivity index (χ1) is 13.7. The van der Waals surface area contributed by atoms with Crippen LogP contribution in [0.15, 0.2) is 36.4 Å². The fraction of sp³-hybridized carbons (Fsp3) is 0.714. The molecule has 0 saturated heterocycles. The molecule has 0 amide bonds. The molecule has 1 aromatic rings. The average Bonchev–Trinajstić information content (AvgIpc) is 2.75. The first-order valence-corrected chi connectivity index (χ1v) is 12.5. The summed E-state index contributed by atoms with van der Waals surface area (Å²) in [6.07, 6.45) is 22.0. The van der Waals surface area contributed by atoms with Gasteiger partial charge in [0.25, 0.3) is 0 Å². The Hall–Kier alpha value is -1.04. The molecule has 0 aliphatic heterocycles. The van der Waals surface area contributed by atoms with Crippen molar-refractivity contribution in [1.29, 1.82) is 0 Å². The van der Waals surface area contributed by atoms with Gasteiger partial charge in [0, 0.05) is 0 Å². The highest BCUT2D eigenvalue weighted by molar-refractivity contribution is 5.28. The van der Waals surface area contributed by atoms with E-state index in [0.717, 1.165) is 35.5 Å². The molecule has 0 radical (unpaired) electrons. The van der Waals surface area contributed by atoms with Gasteiger partial charge in [-0.15, -0.1) is 0 Å². The monoisotopic (exact) mass is 378 g/mol. The molecule has 28 heavy (non-hydrogen) atoms. The molecule has 0 spiro atoms. The second-order valence-corrected chi connectivity index (χ2v) is 10.4. The van der Waals surface area contributed by atoms with Gasteiger partial charge in [-0.2, -0.15) is 0 Å². The largest absolute Gasteiger partial charge is 0.0914 e. The van der Waals surface area contributed by atoms with Crippen molar-refractivity contribution in [2.45, 2.75) is 103 Å². The second-order valence-electron chi connectivity index (χ2n) is 10.4. The van der Waals surface area contributed by atoms with Crippen LogP contribution in [0.1, 0.15) is 114 Å². The number of hydrogen-bond donors (Lipinski definition) is 0. The van der Waals surface area contributed by atoms with Crippen LogP contribution in [0, 0.1) is 23.7 Å². The highest BCUT2D eigenvalue weighted by Crippen LogP contribution is 2.44. The Morgan fingerprint density at radius 1 is 0.607 bits per heavy atom. The first kappa shape index (κ1) is 20.2. The van der Waals surface area contributed by atoms with E-state index in [2.05, 4.69) is 50.3 Å². The van der Waals surface area contributed by atoms with Crippen LogP contribution in [0.2, 0.25) is 0 Å². The molecular weight excluding hydrogens is 336 g/mol. The van der Waals surface area contributed by atoms with Crippen LogP contribution < -0.4 is 0 Å². The minimum atomic E-state index is 0.830. The van der Waals surface area contributed by atoms with E-state index in [1.165, 1.54) is 77.0 Å². The summed E-state index contributed by atoms with van der Waals surface area (Å²) in [6, 6.07) is 9.93. The van der Waals surface area contributed by atoms with Gasteiger partial charge in [0.05, 0.1) is 0 Å². The van der Waals surface area contributed by atoms with Crippen LogP contribution >= 0.6 is 0 Å². The van der Waals surface area contributed by atoms with Crippen molar-refractivity contribution in [3.63, 3.8) is 0 Å². The number of hydrogen-bond acceptors (Lipinski definition) is 0. The van der Waals surface area contributed by atoms with Crippen molar-refractivity contribution in [2.75, 3.05) is 0 Å². The fourth-order valence-electron chi connectivity index (χ4n) is 6.64. The van der Waals surface area contributed by atoms with Crippen molar-refractivity contribution < 1.29 is 0 Å². The number of rotatable bonds is 4. The SMILES string of the molecule is C/C=C/C1CCC(C2CCC(c3ccc(C4CCC(C)CC4)cc3)CC2)CC1. The molecule has 4 rings (SSSR count). The Morgan fingerprint density at radius 3 is 1.50 bits per heavy atom. The maximum atomic E-state index is 2.49. The van der Waals surface area contributed by atoms with E-state index in [1.807, 2.05) is 0 Å². The average molecular weight is 379 g/mol. The van der Waals surface area contributed by atoms with E-state index in [9.17, 15) is 0 Å². The second kappa shape index (κ2) is 9.64. The molecule has 0 bridgehead atoms. The van der Waals surface area contributed by atoms with Crippen molar-refractivity contribution in [1.82, 2.24) is 0 Å². The fourth-order valence-corrected chi connectivity index (χ4v) is 6.64. The maximum Gasteiger partial charge on any atom is -0.0162 e. The summed E-state index contributed by atoms with van der Waals surface area (Å²) in [5.74, 6) is 5.53. The van der Waals surface area contributed by atoms with Crippen LogP contribution in [-0.2, 0) is 0 Å². The summed E-state index contributed by atoms with van der Waals surface area (Å²) < 4.78 is 0. The predicted octanol–water partition coefficient (Wildman–Crippen LogP) is 8.64. The third kappa shape index (κ3) is 4.92. The molecule has 3 aliphatic rings. The van der Waals surface area contributed by atoms with Gasteiger partial charge in [-0.1, -0.05) is 56.2 Å². The molecule has 3 aliphatic carbocycles. The van der Waals surface area contributed by atoms with Crippen molar-refractivity contribution >= 4 is 0 Å². The number of benzene rings is 1. The highest BCUT2D eigenvalue weighted by atomic mass is 14.4. The van der Waals surface area contributed by atoms with Gasteiger partial charge in [0.15, 0.2) is 0 Å². The van der Waals surface area contributed by atoms with Crippen LogP contribution in [0.3, 0.4) is 0 Å². The van der Waals surface area contributed by atoms with Crippen molar-refractivity contribution in [2.24, 2.45) is 23.7 Å². The zero-order chi connectivity index (χ0) is 19.3. The zero-order valence-corrected chi connectivity index (χ0v) is 18.4. The van der Waals surface area contributed by atoms with Gasteiger partial charge in [-0.3, -0.25) is 0 Å². The smallest absolute Gasteiger partial charge is 0.0162 e. The predicted molar refractivity (Wildman–Crippen MR) is 122 cm³/mol. The summed E-state index contributed by atoms with van der Waals surface area (Å²) in [5.41, 5.74) is 3.24. The van der Waals surface area contributed by atoms with E-state index in [-0.39, 0.29) is 0 Å². The van der Waals surface area contributed by atoms with Gasteiger partial charge in [-0.25, -0.2) is 0 Å². The topological polar surface area (TPSA) is 0 Å². The summed E-state index contributed by atoms with van der Waals surface area (Å²) in [5, 5.41) is 0. The summed E-state index contributed by atoms with van der Waals surface area (Å²) in [6.45, 7) is 4.60. The molecular formula is C28H42. The van der Waals surface area contributed by atoms with Gasteiger partial charge in [0.2, 0.25) is 0 Å². The van der Waals surface area contributed by atoms with Crippen molar-refractivity contribution in [3.05, 3.63) is 47.5 Å². The Morgan fingerprint density at radius 2 is 1.04 bits per heavy atom. The lowest BCUT2D eigenvalue weighted by Crippen LogP contribution is -2.25.